The summed E-state index contributed by atoms with van der Waals surface area (Å²) in [5.41, 5.74) is 10.4. The van der Waals surface area contributed by atoms with E-state index in [1.807, 2.05) is 0 Å². The average Bonchev–Trinajstić information content (AvgIpc) is 2.61. The number of hydrogen-bond acceptors (Lipinski definition) is 7. The number of carboxylic acid groups (broad SMARTS) is 2. The molecule has 0 aromatic rings. The Kier molecular flexibility index (Phi) is 11.7. The van der Waals surface area contributed by atoms with E-state index in [1.54, 1.807) is 13.8 Å². The molecule has 0 heterocycles. The molecule has 0 radical (unpaired) electrons. The fourth-order valence-corrected chi connectivity index (χ4v) is 2.36. The van der Waals surface area contributed by atoms with Gasteiger partial charge in [0.25, 0.3) is 0 Å². The van der Waals surface area contributed by atoms with Crippen molar-refractivity contribution >= 4 is 35.6 Å². The van der Waals surface area contributed by atoms with Gasteiger partial charge in [-0.15, -0.1) is 0 Å². The van der Waals surface area contributed by atoms with E-state index in [0.29, 0.717) is 0 Å². The highest BCUT2D eigenvalue weighted by Gasteiger charge is 2.27. The van der Waals surface area contributed by atoms with Gasteiger partial charge >= 0.3 is 11.9 Å². The van der Waals surface area contributed by atoms with Crippen molar-refractivity contribution in [3.8, 4) is 0 Å². The van der Waals surface area contributed by atoms with E-state index in [2.05, 4.69) is 16.0 Å². The van der Waals surface area contributed by atoms with Crippen molar-refractivity contribution in [2.75, 3.05) is 6.54 Å². The first-order valence-corrected chi connectivity index (χ1v) is 9.19. The molecule has 3 atom stereocenters. The van der Waals surface area contributed by atoms with E-state index >= 15 is 0 Å². The number of primary amides is 1. The number of nitrogens with two attached hydrogens (primary N) is 2. The number of hydrogen-bond donors (Lipinski definition) is 7. The molecule has 170 valence electrons. The van der Waals surface area contributed by atoms with Gasteiger partial charge in [-0.1, -0.05) is 13.8 Å². The summed E-state index contributed by atoms with van der Waals surface area (Å²) in [5, 5.41) is 24.7. The molecule has 13 nitrogen and oxygen atoms in total. The van der Waals surface area contributed by atoms with Gasteiger partial charge in [0.15, 0.2) is 0 Å². The molecule has 0 fully saturated rings. The van der Waals surface area contributed by atoms with Crippen LogP contribution in [-0.2, 0) is 28.8 Å². The molecule has 0 aliphatic heterocycles. The Morgan fingerprint density at radius 1 is 0.933 bits per heavy atom. The van der Waals surface area contributed by atoms with Crippen molar-refractivity contribution in [3.05, 3.63) is 0 Å². The molecule has 0 aliphatic rings. The summed E-state index contributed by atoms with van der Waals surface area (Å²) in [6.45, 7) is 2.92. The van der Waals surface area contributed by atoms with Crippen LogP contribution in [0.2, 0.25) is 0 Å². The number of carbonyl (C=O) groups excluding carboxylic acids is 4. The lowest BCUT2D eigenvalue weighted by atomic mass is 10.0. The molecular weight excluding hydrogens is 402 g/mol. The normalized spacial score (nSPS) is 13.6. The van der Waals surface area contributed by atoms with E-state index in [1.165, 1.54) is 0 Å². The third kappa shape index (κ3) is 11.6. The van der Waals surface area contributed by atoms with E-state index in [0.717, 1.165) is 0 Å². The van der Waals surface area contributed by atoms with E-state index in [9.17, 15) is 33.9 Å². The van der Waals surface area contributed by atoms with Crippen LogP contribution in [0.4, 0.5) is 0 Å². The van der Waals surface area contributed by atoms with Crippen molar-refractivity contribution in [2.45, 2.75) is 57.7 Å². The number of aliphatic carboxylic acids is 2. The zero-order valence-corrected chi connectivity index (χ0v) is 16.8. The van der Waals surface area contributed by atoms with Gasteiger partial charge < -0.3 is 37.6 Å². The van der Waals surface area contributed by atoms with Crippen molar-refractivity contribution in [1.29, 1.82) is 0 Å². The topological polar surface area (TPSA) is 231 Å². The maximum Gasteiger partial charge on any atom is 0.326 e. The average molecular weight is 431 g/mol. The Balaban J connectivity index is 4.98. The lowest BCUT2D eigenvalue weighted by Gasteiger charge is -2.22. The lowest BCUT2D eigenvalue weighted by molar-refractivity contribution is -0.143. The number of amides is 4. The summed E-state index contributed by atoms with van der Waals surface area (Å²) in [6.07, 6.45) is -1.05. The van der Waals surface area contributed by atoms with Crippen LogP contribution in [0.3, 0.4) is 0 Å². The maximum atomic E-state index is 12.4. The summed E-state index contributed by atoms with van der Waals surface area (Å²) >= 11 is 0. The SMILES string of the molecule is CC(C)CC(NC(=O)C(CCC(=O)O)NC(=O)CNC(=O)C(N)CC(N)=O)C(=O)O. The molecule has 0 aliphatic carbocycles. The largest absolute Gasteiger partial charge is 0.481 e. The smallest absolute Gasteiger partial charge is 0.326 e. The first-order chi connectivity index (χ1) is 13.8. The van der Waals surface area contributed by atoms with Crippen LogP contribution in [0.25, 0.3) is 0 Å². The van der Waals surface area contributed by atoms with Crippen LogP contribution >= 0.6 is 0 Å². The van der Waals surface area contributed by atoms with Crippen LogP contribution in [0.15, 0.2) is 0 Å². The van der Waals surface area contributed by atoms with Gasteiger partial charge in [-0.2, -0.15) is 0 Å². The van der Waals surface area contributed by atoms with Crippen LogP contribution in [0.5, 0.6) is 0 Å². The standard InChI is InChI=1S/C17H29N5O8/c1-8(2)5-11(17(29)30)22-16(28)10(3-4-14(25)26)21-13(24)7-20-15(27)9(18)6-12(19)23/h8-11H,3-7,18H2,1-2H3,(H2,19,23)(H,20,27)(H,21,24)(H,22,28)(H,25,26)(H,29,30). The highest BCUT2D eigenvalue weighted by molar-refractivity contribution is 5.93. The van der Waals surface area contributed by atoms with Crippen LogP contribution < -0.4 is 27.4 Å². The summed E-state index contributed by atoms with van der Waals surface area (Å²) < 4.78 is 0. The number of rotatable bonds is 14. The van der Waals surface area contributed by atoms with Gasteiger partial charge in [0.1, 0.15) is 12.1 Å². The van der Waals surface area contributed by atoms with Gasteiger partial charge in [-0.25, -0.2) is 4.79 Å². The van der Waals surface area contributed by atoms with Crippen LogP contribution in [-0.4, -0.2) is 70.5 Å². The van der Waals surface area contributed by atoms with Crippen LogP contribution in [0.1, 0.15) is 39.5 Å². The Bertz CT molecular complexity index is 667. The third-order valence-electron chi connectivity index (χ3n) is 3.80. The van der Waals surface area contributed by atoms with Gasteiger partial charge in [-0.05, 0) is 18.8 Å². The van der Waals surface area contributed by atoms with Gasteiger partial charge in [-0.3, -0.25) is 24.0 Å². The monoisotopic (exact) mass is 431 g/mol. The Morgan fingerprint density at radius 3 is 2.00 bits per heavy atom. The van der Waals surface area contributed by atoms with Gasteiger partial charge in [0.2, 0.25) is 23.6 Å². The zero-order chi connectivity index (χ0) is 23.4. The number of carboxylic acids is 2. The molecule has 4 amide bonds. The molecule has 0 saturated heterocycles. The minimum absolute atomic E-state index is 0.0433. The van der Waals surface area contributed by atoms with Crippen molar-refractivity contribution in [3.63, 3.8) is 0 Å². The molecule has 9 N–H and O–H groups in total. The molecule has 0 aromatic carbocycles. The molecule has 30 heavy (non-hydrogen) atoms. The van der Waals surface area contributed by atoms with Gasteiger partial charge in [0, 0.05) is 6.42 Å². The first kappa shape index (κ1) is 26.8. The second-order valence-electron chi connectivity index (χ2n) is 7.08. The predicted octanol–water partition coefficient (Wildman–Crippen LogP) is -2.73. The Morgan fingerprint density at radius 2 is 1.53 bits per heavy atom. The summed E-state index contributed by atoms with van der Waals surface area (Å²) in [4.78, 5) is 69.0. The Hall–Kier alpha value is -3.22. The van der Waals surface area contributed by atoms with Crippen LogP contribution in [0, 0.1) is 5.92 Å². The first-order valence-electron chi connectivity index (χ1n) is 9.19. The molecule has 0 bridgehead atoms. The second-order valence-corrected chi connectivity index (χ2v) is 7.08. The molecule has 3 unspecified atom stereocenters. The van der Waals surface area contributed by atoms with Crippen molar-refractivity contribution in [2.24, 2.45) is 17.4 Å². The molecule has 0 rings (SSSR count). The molecule has 0 saturated carbocycles. The maximum absolute atomic E-state index is 12.4. The lowest BCUT2D eigenvalue weighted by Crippen LogP contribution is -2.54. The van der Waals surface area contributed by atoms with E-state index in [4.69, 9.17) is 16.6 Å². The summed E-state index contributed by atoms with van der Waals surface area (Å²) in [6, 6.07) is -3.80. The van der Waals surface area contributed by atoms with Gasteiger partial charge in [0.05, 0.1) is 19.0 Å². The molecule has 0 aromatic heterocycles. The Labute approximate surface area is 172 Å². The minimum Gasteiger partial charge on any atom is -0.481 e. The third-order valence-corrected chi connectivity index (χ3v) is 3.80. The molecule has 0 spiro atoms. The van der Waals surface area contributed by atoms with Crippen molar-refractivity contribution < 1.29 is 39.0 Å². The molecular formula is C17H29N5O8. The number of nitrogens with one attached hydrogen (secondary N) is 3. The summed E-state index contributed by atoms with van der Waals surface area (Å²) in [7, 11) is 0. The van der Waals surface area contributed by atoms with E-state index in [-0.39, 0.29) is 18.8 Å². The van der Waals surface area contributed by atoms with Crippen molar-refractivity contribution in [1.82, 2.24) is 16.0 Å². The fraction of sp³-hybridized carbons (Fsp3) is 0.647. The second kappa shape index (κ2) is 13.1. The highest BCUT2D eigenvalue weighted by Crippen LogP contribution is 2.06. The fourth-order valence-electron chi connectivity index (χ4n) is 2.36. The minimum atomic E-state index is -1.33. The number of carbonyl (C=O) groups is 6. The highest BCUT2D eigenvalue weighted by atomic mass is 16.4. The molecule has 13 heteroatoms. The zero-order valence-electron chi connectivity index (χ0n) is 16.8. The quantitative estimate of drug-likeness (QED) is 0.151. The predicted molar refractivity (Wildman–Crippen MR) is 103 cm³/mol. The summed E-state index contributed by atoms with van der Waals surface area (Å²) in [5.74, 6) is -5.86. The van der Waals surface area contributed by atoms with E-state index < -0.39 is 73.1 Å².